The first kappa shape index (κ1) is 14.7. The quantitative estimate of drug-likeness (QED) is 0.908. The van der Waals surface area contributed by atoms with Crippen molar-refractivity contribution in [2.45, 2.75) is 24.7 Å². The highest BCUT2D eigenvalue weighted by atomic mass is 32.2. The highest BCUT2D eigenvalue weighted by Gasteiger charge is 2.18. The number of benzene rings is 1. The van der Waals surface area contributed by atoms with Crippen molar-refractivity contribution in [3.8, 4) is 0 Å². The molecule has 0 aromatic heterocycles. The van der Waals surface area contributed by atoms with E-state index >= 15 is 0 Å². The van der Waals surface area contributed by atoms with Crippen molar-refractivity contribution in [1.82, 2.24) is 0 Å². The average Bonchev–Trinajstić information content (AvgIpc) is 2.46. The summed E-state index contributed by atoms with van der Waals surface area (Å²) in [6.45, 7) is 2.56. The predicted molar refractivity (Wildman–Crippen MR) is 82.7 cm³/mol. The van der Waals surface area contributed by atoms with E-state index in [1.54, 1.807) is 19.1 Å². The third-order valence-electron chi connectivity index (χ3n) is 3.52. The minimum atomic E-state index is -3.15. The molecule has 0 amide bonds. The second kappa shape index (κ2) is 6.66. The van der Waals surface area contributed by atoms with E-state index in [9.17, 15) is 8.42 Å². The van der Waals surface area contributed by atoms with Crippen molar-refractivity contribution >= 4 is 27.3 Å². The SMILES string of the molecule is CCS(=O)(=O)c1ccccc1NCC1CCSCC1. The van der Waals surface area contributed by atoms with Crippen molar-refractivity contribution in [2.75, 3.05) is 29.1 Å². The van der Waals surface area contributed by atoms with Gasteiger partial charge in [-0.05, 0) is 42.4 Å². The number of para-hydroxylation sites is 1. The van der Waals surface area contributed by atoms with E-state index in [1.807, 2.05) is 23.9 Å². The van der Waals surface area contributed by atoms with Gasteiger partial charge in [-0.25, -0.2) is 8.42 Å². The first-order valence-electron chi connectivity index (χ1n) is 6.77. The fourth-order valence-corrected chi connectivity index (χ4v) is 4.52. The van der Waals surface area contributed by atoms with Gasteiger partial charge in [0.1, 0.15) is 0 Å². The van der Waals surface area contributed by atoms with E-state index in [4.69, 9.17) is 0 Å². The predicted octanol–water partition coefficient (Wildman–Crippen LogP) is 3.04. The summed E-state index contributed by atoms with van der Waals surface area (Å²) in [4.78, 5) is 0.433. The highest BCUT2D eigenvalue weighted by Crippen LogP contribution is 2.26. The molecule has 106 valence electrons. The van der Waals surface area contributed by atoms with E-state index in [0.29, 0.717) is 10.8 Å². The molecule has 1 N–H and O–H groups in total. The molecule has 0 unspecified atom stereocenters. The van der Waals surface area contributed by atoms with Gasteiger partial charge in [-0.1, -0.05) is 19.1 Å². The lowest BCUT2D eigenvalue weighted by molar-refractivity contribution is 0.515. The molecule has 1 aromatic carbocycles. The van der Waals surface area contributed by atoms with Crippen molar-refractivity contribution in [2.24, 2.45) is 5.92 Å². The fraction of sp³-hybridized carbons (Fsp3) is 0.571. The molecule has 1 aromatic rings. The van der Waals surface area contributed by atoms with Crippen LogP contribution in [0.1, 0.15) is 19.8 Å². The van der Waals surface area contributed by atoms with Crippen LogP contribution in [0.25, 0.3) is 0 Å². The molecule has 19 heavy (non-hydrogen) atoms. The van der Waals surface area contributed by atoms with Crippen molar-refractivity contribution < 1.29 is 8.42 Å². The van der Waals surface area contributed by atoms with Crippen LogP contribution in [0, 0.1) is 5.92 Å². The number of thioether (sulfide) groups is 1. The summed E-state index contributed by atoms with van der Waals surface area (Å²) in [5.74, 6) is 3.26. The average molecular weight is 299 g/mol. The van der Waals surface area contributed by atoms with Gasteiger partial charge in [0, 0.05) is 6.54 Å². The zero-order valence-corrected chi connectivity index (χ0v) is 12.9. The van der Waals surface area contributed by atoms with Gasteiger partial charge >= 0.3 is 0 Å². The molecule has 0 bridgehead atoms. The first-order valence-corrected chi connectivity index (χ1v) is 9.57. The number of sulfone groups is 1. The second-order valence-electron chi connectivity index (χ2n) is 4.84. The van der Waals surface area contributed by atoms with Crippen LogP contribution in [0.5, 0.6) is 0 Å². The lowest BCUT2D eigenvalue weighted by Gasteiger charge is -2.22. The van der Waals surface area contributed by atoms with Gasteiger partial charge in [0.05, 0.1) is 16.3 Å². The summed E-state index contributed by atoms with van der Waals surface area (Å²) in [5.41, 5.74) is 0.752. The van der Waals surface area contributed by atoms with Crippen LogP contribution in [-0.2, 0) is 9.84 Å². The molecule has 1 aliphatic heterocycles. The maximum absolute atomic E-state index is 12.0. The summed E-state index contributed by atoms with van der Waals surface area (Å²) in [7, 11) is -3.15. The summed E-state index contributed by atoms with van der Waals surface area (Å²) >= 11 is 2.01. The third kappa shape index (κ3) is 3.89. The van der Waals surface area contributed by atoms with Crippen LogP contribution in [0.4, 0.5) is 5.69 Å². The Morgan fingerprint density at radius 1 is 1.26 bits per heavy atom. The van der Waals surface area contributed by atoms with Gasteiger partial charge in [-0.3, -0.25) is 0 Å². The minimum Gasteiger partial charge on any atom is -0.384 e. The summed E-state index contributed by atoms with van der Waals surface area (Å²) in [6, 6.07) is 7.22. The Hall–Kier alpha value is -0.680. The second-order valence-corrected chi connectivity index (χ2v) is 8.31. The standard InChI is InChI=1S/C14H21NO2S2/c1-2-19(16,17)14-6-4-3-5-13(14)15-11-12-7-9-18-10-8-12/h3-6,12,15H,2,7-11H2,1H3. The maximum atomic E-state index is 12.0. The summed E-state index contributed by atoms with van der Waals surface area (Å²) in [5, 5.41) is 3.33. The Bertz CT molecular complexity index is 508. The normalized spacial score (nSPS) is 17.3. The van der Waals surface area contributed by atoms with Crippen LogP contribution < -0.4 is 5.32 Å². The van der Waals surface area contributed by atoms with Gasteiger partial charge in [0.25, 0.3) is 0 Å². The molecule has 0 atom stereocenters. The number of hydrogen-bond acceptors (Lipinski definition) is 4. The number of rotatable bonds is 5. The Kier molecular flexibility index (Phi) is 5.16. The van der Waals surface area contributed by atoms with E-state index in [1.165, 1.54) is 24.3 Å². The maximum Gasteiger partial charge on any atom is 0.180 e. The molecule has 0 spiro atoms. The van der Waals surface area contributed by atoms with Crippen LogP contribution >= 0.6 is 11.8 Å². The van der Waals surface area contributed by atoms with Crippen LogP contribution in [0.15, 0.2) is 29.2 Å². The van der Waals surface area contributed by atoms with Crippen molar-refractivity contribution in [3.63, 3.8) is 0 Å². The summed E-state index contributed by atoms with van der Waals surface area (Å²) in [6.07, 6.45) is 2.45. The van der Waals surface area contributed by atoms with Crippen molar-refractivity contribution in [3.05, 3.63) is 24.3 Å². The van der Waals surface area contributed by atoms with E-state index in [2.05, 4.69) is 5.32 Å². The largest absolute Gasteiger partial charge is 0.384 e. The Balaban J connectivity index is 2.07. The molecule has 5 heteroatoms. The zero-order chi connectivity index (χ0) is 13.7. The van der Waals surface area contributed by atoms with Crippen molar-refractivity contribution in [1.29, 1.82) is 0 Å². The van der Waals surface area contributed by atoms with Gasteiger partial charge in [0.2, 0.25) is 0 Å². The Morgan fingerprint density at radius 2 is 1.95 bits per heavy atom. The molecule has 1 heterocycles. The molecular weight excluding hydrogens is 278 g/mol. The fourth-order valence-electron chi connectivity index (χ4n) is 2.24. The summed E-state index contributed by atoms with van der Waals surface area (Å²) < 4.78 is 24.1. The third-order valence-corrected chi connectivity index (χ3v) is 6.36. The molecule has 2 rings (SSSR count). The Labute approximate surface area is 120 Å². The monoisotopic (exact) mass is 299 g/mol. The highest BCUT2D eigenvalue weighted by molar-refractivity contribution is 7.99. The molecule has 0 saturated carbocycles. The minimum absolute atomic E-state index is 0.145. The van der Waals surface area contributed by atoms with Crippen LogP contribution in [-0.4, -0.2) is 32.2 Å². The Morgan fingerprint density at radius 3 is 2.63 bits per heavy atom. The topological polar surface area (TPSA) is 46.2 Å². The molecule has 3 nitrogen and oxygen atoms in total. The lowest BCUT2D eigenvalue weighted by atomic mass is 10.0. The van der Waals surface area contributed by atoms with E-state index < -0.39 is 9.84 Å². The molecular formula is C14H21NO2S2. The zero-order valence-electron chi connectivity index (χ0n) is 11.3. The van der Waals surface area contributed by atoms with E-state index in [0.717, 1.165) is 12.2 Å². The van der Waals surface area contributed by atoms with Gasteiger partial charge in [0.15, 0.2) is 9.84 Å². The lowest BCUT2D eigenvalue weighted by Crippen LogP contribution is -2.20. The van der Waals surface area contributed by atoms with Gasteiger partial charge in [-0.15, -0.1) is 0 Å². The van der Waals surface area contributed by atoms with Crippen LogP contribution in [0.3, 0.4) is 0 Å². The number of anilines is 1. The number of hydrogen-bond donors (Lipinski definition) is 1. The molecule has 0 radical (unpaired) electrons. The molecule has 1 fully saturated rings. The molecule has 1 aliphatic rings. The first-order chi connectivity index (χ1) is 9.13. The molecule has 0 aliphatic carbocycles. The van der Waals surface area contributed by atoms with Gasteiger partial charge in [-0.2, -0.15) is 11.8 Å². The van der Waals surface area contributed by atoms with E-state index in [-0.39, 0.29) is 5.75 Å². The smallest absolute Gasteiger partial charge is 0.180 e. The number of nitrogens with one attached hydrogen (secondary N) is 1. The van der Waals surface area contributed by atoms with Gasteiger partial charge < -0.3 is 5.32 Å². The molecule has 1 saturated heterocycles. The van der Waals surface area contributed by atoms with Crippen LogP contribution in [0.2, 0.25) is 0 Å².